The van der Waals surface area contributed by atoms with Crippen molar-refractivity contribution in [2.75, 3.05) is 11.9 Å². The number of anilines is 1. The van der Waals surface area contributed by atoms with Crippen LogP contribution in [0.15, 0.2) is 24.3 Å². The molecule has 1 unspecified atom stereocenters. The van der Waals surface area contributed by atoms with Crippen LogP contribution in [0.2, 0.25) is 0 Å². The number of nitrogens with two attached hydrogens (primary N) is 1. The van der Waals surface area contributed by atoms with Crippen molar-refractivity contribution in [2.45, 2.75) is 26.3 Å². The third kappa shape index (κ3) is 2.72. The van der Waals surface area contributed by atoms with Gasteiger partial charge in [0.15, 0.2) is 0 Å². The lowest BCUT2D eigenvalue weighted by molar-refractivity contribution is 0.664. The molecule has 0 saturated carbocycles. The molecule has 3 N–H and O–H groups in total. The summed E-state index contributed by atoms with van der Waals surface area (Å²) in [6, 6.07) is 8.28. The summed E-state index contributed by atoms with van der Waals surface area (Å²) in [7, 11) is 2.06. The van der Waals surface area contributed by atoms with Gasteiger partial charge in [0, 0.05) is 24.3 Å². The maximum Gasteiger partial charge on any atom is 0.122 e. The van der Waals surface area contributed by atoms with E-state index in [1.54, 1.807) is 0 Å². The smallest absolute Gasteiger partial charge is 0.122 e. The minimum atomic E-state index is 0.120. The van der Waals surface area contributed by atoms with Gasteiger partial charge in [-0.2, -0.15) is 0 Å². The highest BCUT2D eigenvalue weighted by molar-refractivity contribution is 5.95. The molecule has 0 bridgehead atoms. The summed E-state index contributed by atoms with van der Waals surface area (Å²) in [4.78, 5) is 2.20. The monoisotopic (exact) mass is 205 g/mol. The van der Waals surface area contributed by atoms with Crippen LogP contribution < -0.4 is 10.6 Å². The van der Waals surface area contributed by atoms with E-state index in [1.807, 2.05) is 24.3 Å². The van der Waals surface area contributed by atoms with Gasteiger partial charge in [-0.3, -0.25) is 5.41 Å². The lowest BCUT2D eigenvalue weighted by atomic mass is 10.1. The average Bonchev–Trinajstić information content (AvgIpc) is 2.27. The highest BCUT2D eigenvalue weighted by atomic mass is 15.1. The molecule has 15 heavy (non-hydrogen) atoms. The van der Waals surface area contributed by atoms with Crippen LogP contribution in [0, 0.1) is 5.41 Å². The summed E-state index contributed by atoms with van der Waals surface area (Å²) < 4.78 is 0. The van der Waals surface area contributed by atoms with E-state index in [1.165, 1.54) is 0 Å². The number of benzene rings is 1. The molecule has 0 spiro atoms. The van der Waals surface area contributed by atoms with Crippen LogP contribution in [0.3, 0.4) is 0 Å². The van der Waals surface area contributed by atoms with Crippen molar-refractivity contribution < 1.29 is 0 Å². The largest absolute Gasteiger partial charge is 0.384 e. The van der Waals surface area contributed by atoms with Gasteiger partial charge in [-0.25, -0.2) is 0 Å². The molecule has 1 aromatic rings. The standard InChI is InChI=1S/C12H19N3/c1-4-9(2)15(3)11-7-5-6-10(8-11)12(13)14/h5-9H,4H2,1-3H3,(H3,13,14). The maximum absolute atomic E-state index is 7.38. The molecule has 82 valence electrons. The molecule has 1 rings (SSSR count). The number of hydrogen-bond acceptors (Lipinski definition) is 2. The highest BCUT2D eigenvalue weighted by Crippen LogP contribution is 2.17. The summed E-state index contributed by atoms with van der Waals surface area (Å²) in [5, 5.41) is 7.38. The van der Waals surface area contributed by atoms with Crippen LogP contribution in [0.5, 0.6) is 0 Å². The number of nitrogens with one attached hydrogen (secondary N) is 1. The molecule has 3 nitrogen and oxygen atoms in total. The molecule has 1 atom stereocenters. The summed E-state index contributed by atoms with van der Waals surface area (Å²) in [6.07, 6.45) is 1.10. The number of amidine groups is 1. The van der Waals surface area contributed by atoms with Gasteiger partial charge in [-0.1, -0.05) is 19.1 Å². The van der Waals surface area contributed by atoms with Crippen LogP contribution in [-0.4, -0.2) is 18.9 Å². The Morgan fingerprint density at radius 2 is 2.20 bits per heavy atom. The van der Waals surface area contributed by atoms with Gasteiger partial charge >= 0.3 is 0 Å². The molecule has 0 aromatic heterocycles. The second-order valence-electron chi connectivity index (χ2n) is 3.83. The van der Waals surface area contributed by atoms with E-state index in [2.05, 4.69) is 25.8 Å². The van der Waals surface area contributed by atoms with Gasteiger partial charge in [0.05, 0.1) is 0 Å². The topological polar surface area (TPSA) is 53.1 Å². The molecular weight excluding hydrogens is 186 g/mol. The molecule has 0 aliphatic carbocycles. The van der Waals surface area contributed by atoms with Crippen molar-refractivity contribution in [1.82, 2.24) is 0 Å². The van der Waals surface area contributed by atoms with Crippen molar-refractivity contribution in [3.63, 3.8) is 0 Å². The van der Waals surface area contributed by atoms with Crippen molar-refractivity contribution in [2.24, 2.45) is 5.73 Å². The molecule has 0 aliphatic heterocycles. The Bertz CT molecular complexity index is 346. The molecule has 0 fully saturated rings. The van der Waals surface area contributed by atoms with Gasteiger partial charge in [0.2, 0.25) is 0 Å². The fourth-order valence-electron chi connectivity index (χ4n) is 1.42. The second kappa shape index (κ2) is 4.82. The van der Waals surface area contributed by atoms with E-state index >= 15 is 0 Å². The zero-order valence-corrected chi connectivity index (χ0v) is 9.62. The van der Waals surface area contributed by atoms with Crippen LogP contribution in [0.25, 0.3) is 0 Å². The van der Waals surface area contributed by atoms with Crippen molar-refractivity contribution in [3.05, 3.63) is 29.8 Å². The van der Waals surface area contributed by atoms with Crippen molar-refractivity contribution in [3.8, 4) is 0 Å². The van der Waals surface area contributed by atoms with Gasteiger partial charge in [-0.05, 0) is 25.5 Å². The van der Waals surface area contributed by atoms with Gasteiger partial charge < -0.3 is 10.6 Å². The summed E-state index contributed by atoms with van der Waals surface area (Å²) in [5.74, 6) is 0.120. The minimum Gasteiger partial charge on any atom is -0.384 e. The Morgan fingerprint density at radius 1 is 1.53 bits per heavy atom. The molecule has 0 amide bonds. The first-order valence-electron chi connectivity index (χ1n) is 5.23. The predicted molar refractivity (Wildman–Crippen MR) is 65.6 cm³/mol. The van der Waals surface area contributed by atoms with Gasteiger partial charge in [-0.15, -0.1) is 0 Å². The molecule has 0 aliphatic rings. The first-order valence-corrected chi connectivity index (χ1v) is 5.23. The Kier molecular flexibility index (Phi) is 3.72. The van der Waals surface area contributed by atoms with Crippen LogP contribution in [0.1, 0.15) is 25.8 Å². The zero-order chi connectivity index (χ0) is 11.4. The molecule has 0 radical (unpaired) electrons. The number of rotatable bonds is 4. The average molecular weight is 205 g/mol. The van der Waals surface area contributed by atoms with Crippen LogP contribution in [-0.2, 0) is 0 Å². The van der Waals surface area contributed by atoms with Crippen molar-refractivity contribution in [1.29, 1.82) is 5.41 Å². The Morgan fingerprint density at radius 3 is 2.73 bits per heavy atom. The number of nitrogen functional groups attached to an aromatic ring is 1. The fourth-order valence-corrected chi connectivity index (χ4v) is 1.42. The number of hydrogen-bond donors (Lipinski definition) is 2. The third-order valence-electron chi connectivity index (χ3n) is 2.82. The zero-order valence-electron chi connectivity index (χ0n) is 9.62. The van der Waals surface area contributed by atoms with E-state index in [0.29, 0.717) is 6.04 Å². The quantitative estimate of drug-likeness (QED) is 0.585. The van der Waals surface area contributed by atoms with E-state index < -0.39 is 0 Å². The second-order valence-corrected chi connectivity index (χ2v) is 3.83. The first-order chi connectivity index (χ1) is 7.06. The lowest BCUT2D eigenvalue weighted by Crippen LogP contribution is -2.28. The normalized spacial score (nSPS) is 12.2. The Balaban J connectivity index is 2.94. The highest BCUT2D eigenvalue weighted by Gasteiger charge is 2.08. The Labute approximate surface area is 91.4 Å². The van der Waals surface area contributed by atoms with Crippen LogP contribution in [0.4, 0.5) is 5.69 Å². The molecule has 3 heteroatoms. The molecule has 1 aromatic carbocycles. The Hall–Kier alpha value is -1.51. The lowest BCUT2D eigenvalue weighted by Gasteiger charge is -2.26. The number of nitrogens with zero attached hydrogens (tertiary/aromatic N) is 1. The van der Waals surface area contributed by atoms with Gasteiger partial charge in [0.1, 0.15) is 5.84 Å². The first kappa shape index (κ1) is 11.6. The van der Waals surface area contributed by atoms with Crippen LogP contribution >= 0.6 is 0 Å². The maximum atomic E-state index is 7.38. The predicted octanol–water partition coefficient (Wildman–Crippen LogP) is 2.21. The summed E-state index contributed by atoms with van der Waals surface area (Å²) in [6.45, 7) is 4.34. The van der Waals surface area contributed by atoms with Crippen molar-refractivity contribution >= 4 is 11.5 Å². The summed E-state index contributed by atoms with van der Waals surface area (Å²) in [5.41, 5.74) is 7.34. The van der Waals surface area contributed by atoms with E-state index in [9.17, 15) is 0 Å². The van der Waals surface area contributed by atoms with Gasteiger partial charge in [0.25, 0.3) is 0 Å². The van der Waals surface area contributed by atoms with E-state index in [0.717, 1.165) is 17.7 Å². The molecule has 0 heterocycles. The van der Waals surface area contributed by atoms with E-state index in [4.69, 9.17) is 11.1 Å². The molecular formula is C12H19N3. The fraction of sp³-hybridized carbons (Fsp3) is 0.417. The summed E-state index contributed by atoms with van der Waals surface area (Å²) >= 11 is 0. The molecule has 0 saturated heterocycles. The minimum absolute atomic E-state index is 0.120. The SMILES string of the molecule is CCC(C)N(C)c1cccc(C(=N)N)c1. The third-order valence-corrected chi connectivity index (χ3v) is 2.82. The van der Waals surface area contributed by atoms with E-state index in [-0.39, 0.29) is 5.84 Å².